The van der Waals surface area contributed by atoms with E-state index in [2.05, 4.69) is 15.2 Å². The molecule has 5 rings (SSSR count). The van der Waals surface area contributed by atoms with Crippen LogP contribution in [0, 0.1) is 0 Å². The molecule has 0 radical (unpaired) electrons. The molecule has 0 fully saturated rings. The Labute approximate surface area is 158 Å². The van der Waals surface area contributed by atoms with E-state index in [1.807, 2.05) is 48.5 Å². The topological polar surface area (TPSA) is 82.7 Å². The Bertz CT molecular complexity index is 1260. The molecule has 28 heavy (non-hydrogen) atoms. The molecule has 2 aromatic carbocycles. The van der Waals surface area contributed by atoms with Crippen molar-refractivity contribution in [3.05, 3.63) is 90.5 Å². The van der Waals surface area contributed by atoms with Crippen molar-refractivity contribution in [3.63, 3.8) is 0 Å². The summed E-state index contributed by atoms with van der Waals surface area (Å²) in [6, 6.07) is 19.6. The van der Waals surface area contributed by atoms with Crippen LogP contribution in [0.5, 0.6) is 0 Å². The molecule has 3 aromatic heterocycles. The number of pyridine rings is 1. The summed E-state index contributed by atoms with van der Waals surface area (Å²) in [5.74, 6) is -0.803. The number of benzene rings is 2. The SMILES string of the molecule is O=C(c1cccc(C(=O)n2ncc3ccccc32)n1)n1ncc2ccccc21. The average molecular weight is 367 g/mol. The van der Waals surface area contributed by atoms with Crippen molar-refractivity contribution in [1.82, 2.24) is 24.5 Å². The Morgan fingerprint density at radius 1 is 0.607 bits per heavy atom. The zero-order valence-electron chi connectivity index (χ0n) is 14.6. The smallest absolute Gasteiger partial charge is 0.265 e. The van der Waals surface area contributed by atoms with Crippen molar-refractivity contribution in [1.29, 1.82) is 0 Å². The van der Waals surface area contributed by atoms with Gasteiger partial charge in [0.25, 0.3) is 11.8 Å². The third kappa shape index (κ3) is 2.49. The molecule has 0 aliphatic carbocycles. The quantitative estimate of drug-likeness (QED) is 0.479. The second kappa shape index (κ2) is 6.24. The van der Waals surface area contributed by atoms with E-state index in [0.29, 0.717) is 11.0 Å². The third-order valence-electron chi connectivity index (χ3n) is 4.53. The van der Waals surface area contributed by atoms with E-state index in [1.54, 1.807) is 30.6 Å². The molecule has 7 nitrogen and oxygen atoms in total. The standard InChI is InChI=1S/C21H13N5O2/c27-20(25-18-10-3-1-6-14(18)12-22-25)16-8-5-9-17(24-16)21(28)26-19-11-4-2-7-15(19)13-23-26/h1-13H. The van der Waals surface area contributed by atoms with Gasteiger partial charge in [0.1, 0.15) is 11.4 Å². The number of para-hydroxylation sites is 2. The van der Waals surface area contributed by atoms with E-state index in [4.69, 9.17) is 0 Å². The van der Waals surface area contributed by atoms with E-state index in [9.17, 15) is 9.59 Å². The summed E-state index contributed by atoms with van der Waals surface area (Å²) in [7, 11) is 0. The van der Waals surface area contributed by atoms with Crippen LogP contribution in [0.4, 0.5) is 0 Å². The minimum atomic E-state index is -0.402. The van der Waals surface area contributed by atoms with E-state index in [0.717, 1.165) is 10.8 Å². The van der Waals surface area contributed by atoms with Crippen molar-refractivity contribution in [3.8, 4) is 0 Å². The Kier molecular flexibility index (Phi) is 3.58. The van der Waals surface area contributed by atoms with Crippen molar-refractivity contribution in [2.24, 2.45) is 0 Å². The molecule has 3 heterocycles. The number of carbonyl (C=O) groups is 2. The first-order valence-electron chi connectivity index (χ1n) is 8.64. The van der Waals surface area contributed by atoms with E-state index < -0.39 is 11.8 Å². The van der Waals surface area contributed by atoms with Crippen molar-refractivity contribution >= 4 is 33.6 Å². The predicted molar refractivity (Wildman–Crippen MR) is 103 cm³/mol. The first-order valence-corrected chi connectivity index (χ1v) is 8.64. The second-order valence-corrected chi connectivity index (χ2v) is 6.25. The van der Waals surface area contributed by atoms with Crippen LogP contribution in [0.1, 0.15) is 21.0 Å². The van der Waals surface area contributed by atoms with Crippen LogP contribution in [-0.2, 0) is 0 Å². The van der Waals surface area contributed by atoms with Crippen molar-refractivity contribution in [2.45, 2.75) is 0 Å². The van der Waals surface area contributed by atoms with Crippen molar-refractivity contribution in [2.75, 3.05) is 0 Å². The van der Waals surface area contributed by atoms with E-state index in [-0.39, 0.29) is 11.4 Å². The number of hydrogen-bond donors (Lipinski definition) is 0. The molecule has 0 N–H and O–H groups in total. The molecular formula is C21H13N5O2. The Morgan fingerprint density at radius 2 is 1.07 bits per heavy atom. The number of aromatic nitrogens is 5. The van der Waals surface area contributed by atoms with Crippen LogP contribution in [0.3, 0.4) is 0 Å². The van der Waals surface area contributed by atoms with Gasteiger partial charge in [-0.25, -0.2) is 4.98 Å². The lowest BCUT2D eigenvalue weighted by atomic mass is 10.2. The highest BCUT2D eigenvalue weighted by atomic mass is 16.2. The molecule has 0 bridgehead atoms. The highest BCUT2D eigenvalue weighted by Gasteiger charge is 2.18. The maximum atomic E-state index is 12.9. The number of rotatable bonds is 2. The summed E-state index contributed by atoms with van der Waals surface area (Å²) in [6.45, 7) is 0. The maximum absolute atomic E-state index is 12.9. The summed E-state index contributed by atoms with van der Waals surface area (Å²) in [5.41, 5.74) is 1.64. The van der Waals surface area contributed by atoms with Gasteiger partial charge in [-0.1, -0.05) is 42.5 Å². The van der Waals surface area contributed by atoms with Gasteiger partial charge >= 0.3 is 0 Å². The number of hydrogen-bond acceptors (Lipinski definition) is 5. The summed E-state index contributed by atoms with van der Waals surface area (Å²) in [4.78, 5) is 30.1. The fourth-order valence-corrected chi connectivity index (χ4v) is 3.16. The minimum absolute atomic E-state index is 0.135. The molecule has 7 heteroatoms. The number of carbonyl (C=O) groups excluding carboxylic acids is 2. The van der Waals surface area contributed by atoms with Crippen LogP contribution in [0.25, 0.3) is 21.8 Å². The van der Waals surface area contributed by atoms with Gasteiger partial charge in [0.05, 0.1) is 23.4 Å². The summed E-state index contributed by atoms with van der Waals surface area (Å²) in [5, 5.41) is 10.0. The molecule has 0 saturated heterocycles. The highest BCUT2D eigenvalue weighted by Crippen LogP contribution is 2.16. The van der Waals surface area contributed by atoms with Crippen LogP contribution >= 0.6 is 0 Å². The molecule has 0 aliphatic rings. The number of nitrogens with zero attached hydrogens (tertiary/aromatic N) is 5. The molecule has 134 valence electrons. The number of fused-ring (bicyclic) bond motifs is 2. The lowest BCUT2D eigenvalue weighted by molar-refractivity contribution is 0.0941. The molecule has 0 unspecified atom stereocenters. The zero-order chi connectivity index (χ0) is 19.1. The molecule has 0 spiro atoms. The Balaban J connectivity index is 1.54. The minimum Gasteiger partial charge on any atom is -0.265 e. The fourth-order valence-electron chi connectivity index (χ4n) is 3.16. The van der Waals surface area contributed by atoms with E-state index in [1.165, 1.54) is 9.36 Å². The first-order chi connectivity index (χ1) is 13.7. The second-order valence-electron chi connectivity index (χ2n) is 6.25. The van der Waals surface area contributed by atoms with Crippen molar-refractivity contribution < 1.29 is 9.59 Å². The largest absolute Gasteiger partial charge is 0.297 e. The van der Waals surface area contributed by atoms with Gasteiger partial charge in [0, 0.05) is 10.8 Å². The average Bonchev–Trinajstić information content (AvgIpc) is 3.37. The molecule has 0 aliphatic heterocycles. The fraction of sp³-hybridized carbons (Fsp3) is 0. The van der Waals surface area contributed by atoms with Crippen LogP contribution in [0.2, 0.25) is 0 Å². The lowest BCUT2D eigenvalue weighted by Crippen LogP contribution is -2.19. The Hall–Kier alpha value is -4.13. The molecular weight excluding hydrogens is 354 g/mol. The van der Waals surface area contributed by atoms with Gasteiger partial charge < -0.3 is 0 Å². The Morgan fingerprint density at radius 3 is 1.57 bits per heavy atom. The molecule has 0 amide bonds. The predicted octanol–water partition coefficient (Wildman–Crippen LogP) is 3.16. The van der Waals surface area contributed by atoms with E-state index >= 15 is 0 Å². The van der Waals surface area contributed by atoms with Gasteiger partial charge in [-0.3, -0.25) is 9.59 Å². The van der Waals surface area contributed by atoms with Crippen LogP contribution in [-0.4, -0.2) is 36.4 Å². The molecule has 0 saturated carbocycles. The lowest BCUT2D eigenvalue weighted by Gasteiger charge is -2.05. The summed E-state index contributed by atoms with van der Waals surface area (Å²) < 4.78 is 2.57. The molecule has 0 atom stereocenters. The monoisotopic (exact) mass is 367 g/mol. The molecule has 5 aromatic rings. The normalized spacial score (nSPS) is 11.1. The van der Waals surface area contributed by atoms with Crippen LogP contribution in [0.15, 0.2) is 79.1 Å². The van der Waals surface area contributed by atoms with Gasteiger partial charge in [-0.05, 0) is 24.3 Å². The van der Waals surface area contributed by atoms with Gasteiger partial charge in [0.15, 0.2) is 0 Å². The van der Waals surface area contributed by atoms with Crippen LogP contribution < -0.4 is 0 Å². The summed E-state index contributed by atoms with van der Waals surface area (Å²) >= 11 is 0. The van der Waals surface area contributed by atoms with Gasteiger partial charge in [-0.15, -0.1) is 0 Å². The first kappa shape index (κ1) is 16.1. The highest BCUT2D eigenvalue weighted by molar-refractivity contribution is 6.02. The maximum Gasteiger partial charge on any atom is 0.297 e. The van der Waals surface area contributed by atoms with Gasteiger partial charge in [0.2, 0.25) is 0 Å². The summed E-state index contributed by atoms with van der Waals surface area (Å²) in [6.07, 6.45) is 3.25. The van der Waals surface area contributed by atoms with Gasteiger partial charge in [-0.2, -0.15) is 19.6 Å². The zero-order valence-corrected chi connectivity index (χ0v) is 14.6. The third-order valence-corrected chi connectivity index (χ3v) is 4.53.